The number of aryl methyl sites for hydroxylation is 2. The molecule has 0 unspecified atom stereocenters. The van der Waals surface area contributed by atoms with Gasteiger partial charge < -0.3 is 14.6 Å². The molecule has 96 valence electrons. The normalized spacial score (nSPS) is 10.6. The second-order valence-corrected chi connectivity index (χ2v) is 4.37. The topological polar surface area (TPSA) is 39.1 Å². The van der Waals surface area contributed by atoms with Crippen LogP contribution in [0.5, 0.6) is 5.75 Å². The third-order valence-corrected chi connectivity index (χ3v) is 2.96. The predicted molar refractivity (Wildman–Crippen MR) is 71.5 cm³/mol. The highest BCUT2D eigenvalue weighted by atomic mass is 16.5. The van der Waals surface area contributed by atoms with Gasteiger partial charge in [0.25, 0.3) is 0 Å². The molecular weight excluding hydrogens is 226 g/mol. The molecule has 0 atom stereocenters. The minimum atomic E-state index is 0.751. The van der Waals surface area contributed by atoms with Crippen LogP contribution in [0, 0.1) is 6.92 Å². The molecule has 0 aliphatic rings. The Balaban J connectivity index is 1.98. The highest BCUT2D eigenvalue weighted by Crippen LogP contribution is 2.19. The van der Waals surface area contributed by atoms with E-state index in [0.717, 1.165) is 24.7 Å². The second-order valence-electron chi connectivity index (χ2n) is 4.37. The zero-order chi connectivity index (χ0) is 13.0. The average molecular weight is 245 g/mol. The first-order valence-corrected chi connectivity index (χ1v) is 6.01. The number of aromatic nitrogens is 2. The Bertz CT molecular complexity index is 520. The monoisotopic (exact) mass is 245 g/mol. The van der Waals surface area contributed by atoms with Crippen molar-refractivity contribution in [1.29, 1.82) is 0 Å². The molecule has 0 saturated heterocycles. The fourth-order valence-electron chi connectivity index (χ4n) is 1.92. The van der Waals surface area contributed by atoms with Crippen LogP contribution in [0.4, 0.5) is 0 Å². The number of benzene rings is 1. The summed E-state index contributed by atoms with van der Waals surface area (Å²) in [6.07, 6.45) is 3.76. The van der Waals surface area contributed by atoms with Crippen molar-refractivity contribution in [2.45, 2.75) is 20.0 Å². The molecule has 0 radical (unpaired) electrons. The highest BCUT2D eigenvalue weighted by molar-refractivity contribution is 5.36. The summed E-state index contributed by atoms with van der Waals surface area (Å²) in [6.45, 7) is 3.61. The molecule has 0 aliphatic heterocycles. The summed E-state index contributed by atoms with van der Waals surface area (Å²) < 4.78 is 7.37. The number of nitrogens with zero attached hydrogens (tertiary/aromatic N) is 2. The maximum absolute atomic E-state index is 5.35. The van der Waals surface area contributed by atoms with Gasteiger partial charge >= 0.3 is 0 Å². The van der Waals surface area contributed by atoms with Crippen molar-refractivity contribution in [3.05, 3.63) is 47.5 Å². The maximum Gasteiger partial charge on any atom is 0.123 e. The molecule has 4 heteroatoms. The Morgan fingerprint density at radius 2 is 2.17 bits per heavy atom. The Labute approximate surface area is 108 Å². The Hall–Kier alpha value is -1.81. The lowest BCUT2D eigenvalue weighted by Gasteiger charge is -2.10. The summed E-state index contributed by atoms with van der Waals surface area (Å²) in [5, 5.41) is 3.38. The molecule has 0 saturated carbocycles. The first-order valence-electron chi connectivity index (χ1n) is 6.01. The van der Waals surface area contributed by atoms with Crippen molar-refractivity contribution in [2.24, 2.45) is 7.05 Å². The predicted octanol–water partition coefficient (Wildman–Crippen LogP) is 2.03. The van der Waals surface area contributed by atoms with Gasteiger partial charge in [0.2, 0.25) is 0 Å². The molecule has 4 nitrogen and oxygen atoms in total. The number of ether oxygens (including phenoxy) is 1. The first kappa shape index (κ1) is 12.6. The van der Waals surface area contributed by atoms with Crippen molar-refractivity contribution in [2.75, 3.05) is 7.11 Å². The van der Waals surface area contributed by atoms with E-state index in [1.54, 1.807) is 7.11 Å². The molecule has 0 amide bonds. The standard InChI is InChI=1S/C14H19N3O/c1-11-4-5-13(18-3)12(8-11)9-15-10-14-16-6-7-17(14)2/h4-8,15H,9-10H2,1-3H3. The maximum atomic E-state index is 5.35. The molecule has 2 aromatic rings. The molecule has 1 aromatic heterocycles. The molecule has 1 aromatic carbocycles. The van der Waals surface area contributed by atoms with Crippen LogP contribution in [0.3, 0.4) is 0 Å². The summed E-state index contributed by atoms with van der Waals surface area (Å²) in [4.78, 5) is 4.28. The van der Waals surface area contributed by atoms with Gasteiger partial charge in [0, 0.05) is 31.5 Å². The van der Waals surface area contributed by atoms with Crippen LogP contribution in [0.15, 0.2) is 30.6 Å². The summed E-state index contributed by atoms with van der Waals surface area (Å²) in [5.74, 6) is 1.95. The highest BCUT2D eigenvalue weighted by Gasteiger charge is 2.04. The fraction of sp³-hybridized carbons (Fsp3) is 0.357. The summed E-state index contributed by atoms with van der Waals surface area (Å²) in [7, 11) is 3.70. The van der Waals surface area contributed by atoms with Crippen LogP contribution >= 0.6 is 0 Å². The molecule has 0 bridgehead atoms. The van der Waals surface area contributed by atoms with Crippen molar-refractivity contribution in [3.63, 3.8) is 0 Å². The fourth-order valence-corrected chi connectivity index (χ4v) is 1.92. The Morgan fingerprint density at radius 3 is 2.83 bits per heavy atom. The van der Waals surface area contributed by atoms with E-state index >= 15 is 0 Å². The number of methoxy groups -OCH3 is 1. The van der Waals surface area contributed by atoms with Crippen molar-refractivity contribution in [3.8, 4) is 5.75 Å². The van der Waals surface area contributed by atoms with Gasteiger partial charge in [-0.25, -0.2) is 4.98 Å². The summed E-state index contributed by atoms with van der Waals surface area (Å²) in [5.41, 5.74) is 2.41. The number of imidazole rings is 1. The van der Waals surface area contributed by atoms with Crippen LogP contribution in [0.2, 0.25) is 0 Å². The van der Waals surface area contributed by atoms with Crippen LogP contribution in [-0.4, -0.2) is 16.7 Å². The minimum Gasteiger partial charge on any atom is -0.496 e. The quantitative estimate of drug-likeness (QED) is 0.876. The zero-order valence-corrected chi connectivity index (χ0v) is 11.1. The third-order valence-electron chi connectivity index (χ3n) is 2.96. The second kappa shape index (κ2) is 5.69. The van der Waals surface area contributed by atoms with Crippen molar-refractivity contribution < 1.29 is 4.74 Å². The van der Waals surface area contributed by atoms with Crippen molar-refractivity contribution >= 4 is 0 Å². The number of rotatable bonds is 5. The van der Waals surface area contributed by atoms with Gasteiger partial charge in [-0.2, -0.15) is 0 Å². The van der Waals surface area contributed by atoms with Gasteiger partial charge in [0.05, 0.1) is 13.7 Å². The minimum absolute atomic E-state index is 0.751. The number of hydrogen-bond donors (Lipinski definition) is 1. The van der Waals surface area contributed by atoms with Gasteiger partial charge in [0.1, 0.15) is 11.6 Å². The molecule has 18 heavy (non-hydrogen) atoms. The zero-order valence-electron chi connectivity index (χ0n) is 11.1. The van der Waals surface area contributed by atoms with Gasteiger partial charge in [0.15, 0.2) is 0 Å². The number of hydrogen-bond acceptors (Lipinski definition) is 3. The molecule has 1 N–H and O–H groups in total. The van der Waals surface area contributed by atoms with Gasteiger partial charge in [-0.1, -0.05) is 17.7 Å². The molecule has 0 fully saturated rings. The van der Waals surface area contributed by atoms with E-state index in [1.165, 1.54) is 11.1 Å². The molecule has 2 rings (SSSR count). The smallest absolute Gasteiger partial charge is 0.123 e. The van der Waals surface area contributed by atoms with Crippen LogP contribution < -0.4 is 10.1 Å². The van der Waals surface area contributed by atoms with E-state index in [2.05, 4.69) is 29.4 Å². The summed E-state index contributed by atoms with van der Waals surface area (Å²) >= 11 is 0. The van der Waals surface area contributed by atoms with Crippen LogP contribution in [-0.2, 0) is 20.1 Å². The van der Waals surface area contributed by atoms with Crippen LogP contribution in [0.1, 0.15) is 17.0 Å². The molecule has 1 heterocycles. The van der Waals surface area contributed by atoms with E-state index in [0.29, 0.717) is 0 Å². The van der Waals surface area contributed by atoms with Crippen molar-refractivity contribution in [1.82, 2.24) is 14.9 Å². The SMILES string of the molecule is COc1ccc(C)cc1CNCc1nccn1C. The van der Waals surface area contributed by atoms with E-state index in [-0.39, 0.29) is 0 Å². The summed E-state index contributed by atoms with van der Waals surface area (Å²) in [6, 6.07) is 6.21. The molecular formula is C14H19N3O. The van der Waals surface area contributed by atoms with Gasteiger partial charge in [-0.3, -0.25) is 0 Å². The molecule has 0 aliphatic carbocycles. The lowest BCUT2D eigenvalue weighted by atomic mass is 10.1. The largest absolute Gasteiger partial charge is 0.496 e. The van der Waals surface area contributed by atoms with Crippen LogP contribution in [0.25, 0.3) is 0 Å². The third kappa shape index (κ3) is 2.90. The van der Waals surface area contributed by atoms with E-state index in [4.69, 9.17) is 4.74 Å². The van der Waals surface area contributed by atoms with E-state index < -0.39 is 0 Å². The average Bonchev–Trinajstić information content (AvgIpc) is 2.76. The lowest BCUT2D eigenvalue weighted by Crippen LogP contribution is -2.16. The first-order chi connectivity index (χ1) is 8.70. The van der Waals surface area contributed by atoms with E-state index in [1.807, 2.05) is 30.1 Å². The Morgan fingerprint density at radius 1 is 1.33 bits per heavy atom. The number of nitrogens with one attached hydrogen (secondary N) is 1. The van der Waals surface area contributed by atoms with Gasteiger partial charge in [-0.15, -0.1) is 0 Å². The Kier molecular flexibility index (Phi) is 3.99. The molecule has 0 spiro atoms. The lowest BCUT2D eigenvalue weighted by molar-refractivity contribution is 0.407. The van der Waals surface area contributed by atoms with E-state index in [9.17, 15) is 0 Å². The van der Waals surface area contributed by atoms with Gasteiger partial charge in [-0.05, 0) is 13.0 Å².